The summed E-state index contributed by atoms with van der Waals surface area (Å²) in [6, 6.07) is 66.1. The van der Waals surface area contributed by atoms with E-state index in [1.807, 2.05) is 0 Å². The lowest BCUT2D eigenvalue weighted by Gasteiger charge is -2.22. The molecule has 254 valence electrons. The Balaban J connectivity index is 1.21. The molecule has 0 saturated heterocycles. The van der Waals surface area contributed by atoms with Gasteiger partial charge in [-0.2, -0.15) is 0 Å². The van der Waals surface area contributed by atoms with Gasteiger partial charge in [0.25, 0.3) is 0 Å². The third-order valence-corrected chi connectivity index (χ3v) is 12.3. The molecule has 0 unspecified atom stereocenters. The van der Waals surface area contributed by atoms with Crippen molar-refractivity contribution in [1.82, 2.24) is 0 Å². The summed E-state index contributed by atoms with van der Waals surface area (Å²) in [5.41, 5.74) is 14.3. The molecule has 0 nitrogen and oxygen atoms in total. The van der Waals surface area contributed by atoms with Gasteiger partial charge in [0.2, 0.25) is 0 Å². The lowest BCUT2D eigenvalue weighted by molar-refractivity contribution is 0.660. The van der Waals surface area contributed by atoms with Crippen molar-refractivity contribution >= 4 is 53.9 Å². The van der Waals surface area contributed by atoms with Crippen LogP contribution in [0.5, 0.6) is 0 Å². The average molecular weight is 687 g/mol. The molecule has 0 radical (unpaired) electrons. The number of hydrogen-bond donors (Lipinski definition) is 0. The molecular weight excluding hydrogens is 649 g/mol. The van der Waals surface area contributed by atoms with Crippen LogP contribution in [0.1, 0.15) is 30.5 Å². The summed E-state index contributed by atoms with van der Waals surface area (Å²) < 4.78 is 0. The molecule has 10 aromatic rings. The quantitative estimate of drug-likeness (QED) is 0.162. The molecule has 0 amide bonds. The molecule has 11 rings (SSSR count). The second-order valence-corrected chi connectivity index (χ2v) is 15.8. The van der Waals surface area contributed by atoms with Crippen LogP contribution >= 0.6 is 0 Å². The smallest absolute Gasteiger partial charge is 0.0159 e. The number of fused-ring (bicyclic) bond motifs is 10. The fraction of sp³-hybridized carbons (Fsp3) is 0.0741. The number of rotatable bonds is 3. The van der Waals surface area contributed by atoms with E-state index in [1.165, 1.54) is 115 Å². The van der Waals surface area contributed by atoms with Gasteiger partial charge in [-0.25, -0.2) is 0 Å². The molecule has 0 heteroatoms. The van der Waals surface area contributed by atoms with Gasteiger partial charge in [-0.15, -0.1) is 0 Å². The van der Waals surface area contributed by atoms with Gasteiger partial charge in [-0.05, 0) is 158 Å². The first kappa shape index (κ1) is 31.1. The Labute approximate surface area is 316 Å². The Morgan fingerprint density at radius 2 is 0.778 bits per heavy atom. The maximum Gasteiger partial charge on any atom is 0.0159 e. The Morgan fingerprint density at radius 3 is 1.48 bits per heavy atom. The molecule has 0 N–H and O–H groups in total. The van der Waals surface area contributed by atoms with Gasteiger partial charge in [0.05, 0.1) is 0 Å². The van der Waals surface area contributed by atoms with E-state index < -0.39 is 0 Å². The molecular formula is C54H38. The highest BCUT2D eigenvalue weighted by molar-refractivity contribution is 6.24. The van der Waals surface area contributed by atoms with Gasteiger partial charge in [0, 0.05) is 5.41 Å². The van der Waals surface area contributed by atoms with Crippen LogP contribution in [0.4, 0.5) is 0 Å². The van der Waals surface area contributed by atoms with Crippen LogP contribution < -0.4 is 0 Å². The fourth-order valence-electron chi connectivity index (χ4n) is 9.53. The Kier molecular flexibility index (Phi) is 6.61. The van der Waals surface area contributed by atoms with E-state index in [-0.39, 0.29) is 5.41 Å². The summed E-state index contributed by atoms with van der Waals surface area (Å²) in [7, 11) is 0. The third-order valence-electron chi connectivity index (χ3n) is 12.3. The lowest BCUT2D eigenvalue weighted by Crippen LogP contribution is -2.14. The lowest BCUT2D eigenvalue weighted by atomic mass is 9.81. The summed E-state index contributed by atoms with van der Waals surface area (Å²) in [6.07, 6.45) is 0. The average Bonchev–Trinajstić information content (AvgIpc) is 3.45. The molecule has 0 fully saturated rings. The highest BCUT2D eigenvalue weighted by Crippen LogP contribution is 2.50. The standard InChI is InChI=1S/C54H38/c1-33-26-48-50(30-45(33)40-24-25-44-43-18-10-11-19-52(43)54(2,3)53(44)29-40)47(39-23-21-35-13-5-7-15-37(35)28-39)32-49-42-17-9-8-16-41(42)46(31-51(48)49)38-22-20-34-12-4-6-14-36(34)27-38/h4-32H,1-3H3. The van der Waals surface area contributed by atoms with Crippen molar-refractivity contribution in [3.8, 4) is 44.5 Å². The molecule has 54 heavy (non-hydrogen) atoms. The van der Waals surface area contributed by atoms with Crippen molar-refractivity contribution in [3.63, 3.8) is 0 Å². The van der Waals surface area contributed by atoms with Gasteiger partial charge < -0.3 is 0 Å². The maximum absolute atomic E-state index is 2.48. The fourth-order valence-corrected chi connectivity index (χ4v) is 9.53. The highest BCUT2D eigenvalue weighted by Gasteiger charge is 2.35. The molecule has 0 heterocycles. The van der Waals surface area contributed by atoms with E-state index >= 15 is 0 Å². The summed E-state index contributed by atoms with van der Waals surface area (Å²) in [5.74, 6) is 0. The van der Waals surface area contributed by atoms with E-state index in [2.05, 4.69) is 197 Å². The van der Waals surface area contributed by atoms with E-state index in [0.717, 1.165) is 0 Å². The largest absolute Gasteiger partial charge is 0.0619 e. The number of hydrogen-bond acceptors (Lipinski definition) is 0. The van der Waals surface area contributed by atoms with E-state index in [0.29, 0.717) is 0 Å². The van der Waals surface area contributed by atoms with Crippen molar-refractivity contribution in [1.29, 1.82) is 0 Å². The Hall–Kier alpha value is -6.50. The van der Waals surface area contributed by atoms with Crippen LogP contribution in [-0.4, -0.2) is 0 Å². The Morgan fingerprint density at radius 1 is 0.296 bits per heavy atom. The minimum absolute atomic E-state index is 0.0562. The molecule has 0 aromatic heterocycles. The number of benzene rings is 10. The monoisotopic (exact) mass is 686 g/mol. The van der Waals surface area contributed by atoms with Gasteiger partial charge >= 0.3 is 0 Å². The molecule has 0 saturated carbocycles. The second kappa shape index (κ2) is 11.5. The first-order valence-corrected chi connectivity index (χ1v) is 19.1. The van der Waals surface area contributed by atoms with E-state index in [4.69, 9.17) is 0 Å². The first-order valence-electron chi connectivity index (χ1n) is 19.1. The van der Waals surface area contributed by atoms with Crippen LogP contribution in [0.15, 0.2) is 176 Å². The SMILES string of the molecule is Cc1cc2c(cc1-c1ccc3c(c1)C(C)(C)c1ccccc1-3)c(-c1ccc3ccccc3c1)cc1c3ccccc3c(-c3ccc4ccccc4c3)cc21. The van der Waals surface area contributed by atoms with Crippen molar-refractivity contribution < 1.29 is 0 Å². The van der Waals surface area contributed by atoms with Crippen LogP contribution in [0.2, 0.25) is 0 Å². The zero-order valence-electron chi connectivity index (χ0n) is 30.7. The first-order chi connectivity index (χ1) is 26.4. The number of aryl methyl sites for hydroxylation is 1. The van der Waals surface area contributed by atoms with E-state index in [1.54, 1.807) is 0 Å². The molecule has 0 bridgehead atoms. The third kappa shape index (κ3) is 4.56. The van der Waals surface area contributed by atoms with Crippen molar-refractivity contribution in [2.45, 2.75) is 26.2 Å². The summed E-state index contributed by atoms with van der Waals surface area (Å²) in [4.78, 5) is 0. The molecule has 10 aromatic carbocycles. The second-order valence-electron chi connectivity index (χ2n) is 15.8. The normalized spacial score (nSPS) is 13.2. The van der Waals surface area contributed by atoms with Crippen LogP contribution in [0.25, 0.3) is 98.4 Å². The van der Waals surface area contributed by atoms with Crippen LogP contribution in [0, 0.1) is 6.92 Å². The molecule has 1 aliphatic rings. The molecule has 0 atom stereocenters. The van der Waals surface area contributed by atoms with Gasteiger partial charge in [0.15, 0.2) is 0 Å². The molecule has 1 aliphatic carbocycles. The van der Waals surface area contributed by atoms with Crippen molar-refractivity contribution in [2.75, 3.05) is 0 Å². The molecule has 0 aliphatic heterocycles. The Bertz CT molecular complexity index is 3190. The summed E-state index contributed by atoms with van der Waals surface area (Å²) >= 11 is 0. The van der Waals surface area contributed by atoms with Crippen LogP contribution in [0.3, 0.4) is 0 Å². The van der Waals surface area contributed by atoms with E-state index in [9.17, 15) is 0 Å². The summed E-state index contributed by atoms with van der Waals surface area (Å²) in [5, 5.41) is 12.7. The van der Waals surface area contributed by atoms with Gasteiger partial charge in [0.1, 0.15) is 0 Å². The minimum atomic E-state index is -0.0562. The van der Waals surface area contributed by atoms with Crippen molar-refractivity contribution in [2.24, 2.45) is 0 Å². The predicted octanol–water partition coefficient (Wildman–Crippen LogP) is 15.1. The summed E-state index contributed by atoms with van der Waals surface area (Å²) in [6.45, 7) is 7.04. The topological polar surface area (TPSA) is 0 Å². The maximum atomic E-state index is 2.48. The van der Waals surface area contributed by atoms with Gasteiger partial charge in [-0.1, -0.05) is 153 Å². The zero-order chi connectivity index (χ0) is 36.1. The predicted molar refractivity (Wildman–Crippen MR) is 233 cm³/mol. The zero-order valence-corrected chi connectivity index (χ0v) is 30.7. The van der Waals surface area contributed by atoms with Crippen LogP contribution in [-0.2, 0) is 5.41 Å². The molecule has 0 spiro atoms. The minimum Gasteiger partial charge on any atom is -0.0619 e. The highest BCUT2D eigenvalue weighted by atomic mass is 14.4. The van der Waals surface area contributed by atoms with Gasteiger partial charge in [-0.3, -0.25) is 0 Å². The van der Waals surface area contributed by atoms with Crippen molar-refractivity contribution in [3.05, 3.63) is 193 Å².